The van der Waals surface area contributed by atoms with Gasteiger partial charge in [0.1, 0.15) is 5.82 Å². The van der Waals surface area contributed by atoms with Crippen molar-refractivity contribution in [2.45, 2.75) is 20.4 Å². The predicted molar refractivity (Wildman–Crippen MR) is 78.6 cm³/mol. The Balaban J connectivity index is 2.31. The van der Waals surface area contributed by atoms with E-state index in [0.29, 0.717) is 0 Å². The van der Waals surface area contributed by atoms with Crippen molar-refractivity contribution in [3.05, 3.63) is 33.1 Å². The third-order valence-electron chi connectivity index (χ3n) is 2.83. The van der Waals surface area contributed by atoms with Gasteiger partial charge in [-0.3, -0.25) is 0 Å². The third-order valence-corrected chi connectivity index (χ3v) is 3.83. The van der Waals surface area contributed by atoms with Crippen molar-refractivity contribution < 1.29 is 4.39 Å². The molecule has 0 aromatic heterocycles. The molecule has 0 aliphatic rings. The van der Waals surface area contributed by atoms with Gasteiger partial charge in [0.25, 0.3) is 0 Å². The van der Waals surface area contributed by atoms with Crippen LogP contribution in [0.25, 0.3) is 0 Å². The third kappa shape index (κ3) is 5.31. The second-order valence-electron chi connectivity index (χ2n) is 3.94. The molecule has 4 heteroatoms. The molecule has 17 heavy (non-hydrogen) atoms. The molecule has 0 saturated carbocycles. The second-order valence-corrected chi connectivity index (χ2v) is 5.10. The Morgan fingerprint density at radius 1 is 1.29 bits per heavy atom. The summed E-state index contributed by atoms with van der Waals surface area (Å²) in [6, 6.07) is 4.94. The van der Waals surface area contributed by atoms with E-state index in [1.54, 1.807) is 6.07 Å². The molecule has 1 N–H and O–H groups in total. The molecule has 0 amide bonds. The summed E-state index contributed by atoms with van der Waals surface area (Å²) in [5.41, 5.74) is 1.16. The Labute approximate surface area is 117 Å². The van der Waals surface area contributed by atoms with E-state index in [2.05, 4.69) is 46.7 Å². The van der Waals surface area contributed by atoms with Gasteiger partial charge in [-0.25, -0.2) is 4.39 Å². The van der Waals surface area contributed by atoms with Crippen LogP contribution in [0.5, 0.6) is 0 Å². The number of rotatable bonds is 7. The van der Waals surface area contributed by atoms with Crippen LogP contribution in [0.4, 0.5) is 4.39 Å². The van der Waals surface area contributed by atoms with E-state index < -0.39 is 0 Å². The van der Waals surface area contributed by atoms with Gasteiger partial charge in [-0.1, -0.05) is 19.9 Å². The summed E-state index contributed by atoms with van der Waals surface area (Å²) < 4.78 is 13.9. The first kappa shape index (κ1) is 14.9. The SMILES string of the molecule is CCN(CC)CCNCc1ccc(F)cc1I. The average Bonchev–Trinajstić information content (AvgIpc) is 2.32. The fourth-order valence-corrected chi connectivity index (χ4v) is 2.33. The molecule has 1 aromatic rings. The lowest BCUT2D eigenvalue weighted by Crippen LogP contribution is -2.31. The Morgan fingerprint density at radius 2 is 2.00 bits per heavy atom. The highest BCUT2D eigenvalue weighted by atomic mass is 127. The van der Waals surface area contributed by atoms with Crippen molar-refractivity contribution in [2.24, 2.45) is 0 Å². The Morgan fingerprint density at radius 3 is 2.59 bits per heavy atom. The van der Waals surface area contributed by atoms with Crippen molar-refractivity contribution in [3.8, 4) is 0 Å². The molecular formula is C13H20FIN2. The highest BCUT2D eigenvalue weighted by Gasteiger charge is 2.02. The van der Waals surface area contributed by atoms with Crippen LogP contribution in [-0.4, -0.2) is 31.1 Å². The number of benzene rings is 1. The van der Waals surface area contributed by atoms with Crippen LogP contribution in [0.1, 0.15) is 19.4 Å². The maximum atomic E-state index is 12.9. The van der Waals surface area contributed by atoms with Gasteiger partial charge in [0.05, 0.1) is 0 Å². The molecular weight excluding hydrogens is 330 g/mol. The molecule has 0 aliphatic carbocycles. The highest BCUT2D eigenvalue weighted by Crippen LogP contribution is 2.13. The fraction of sp³-hybridized carbons (Fsp3) is 0.538. The zero-order valence-corrected chi connectivity index (χ0v) is 12.6. The Bertz CT molecular complexity index is 340. The van der Waals surface area contributed by atoms with Crippen molar-refractivity contribution in [1.82, 2.24) is 10.2 Å². The Hall–Kier alpha value is -0.200. The molecule has 0 bridgehead atoms. The van der Waals surface area contributed by atoms with Gasteiger partial charge in [0.2, 0.25) is 0 Å². The minimum Gasteiger partial charge on any atom is -0.311 e. The molecule has 96 valence electrons. The minimum absolute atomic E-state index is 0.165. The van der Waals surface area contributed by atoms with Crippen LogP contribution in [0.3, 0.4) is 0 Å². The molecule has 1 rings (SSSR count). The van der Waals surface area contributed by atoms with E-state index >= 15 is 0 Å². The first-order valence-electron chi connectivity index (χ1n) is 6.04. The van der Waals surface area contributed by atoms with E-state index in [1.807, 2.05) is 6.07 Å². The molecule has 0 radical (unpaired) electrons. The van der Waals surface area contributed by atoms with Gasteiger partial charge in [-0.2, -0.15) is 0 Å². The highest BCUT2D eigenvalue weighted by molar-refractivity contribution is 14.1. The Kier molecular flexibility index (Phi) is 6.99. The average molecular weight is 350 g/mol. The molecule has 0 atom stereocenters. The molecule has 0 saturated heterocycles. The van der Waals surface area contributed by atoms with Gasteiger partial charge >= 0.3 is 0 Å². The molecule has 2 nitrogen and oxygen atoms in total. The zero-order chi connectivity index (χ0) is 12.7. The van der Waals surface area contributed by atoms with Gasteiger partial charge in [-0.05, 0) is 53.4 Å². The molecule has 0 fully saturated rings. The van der Waals surface area contributed by atoms with Crippen LogP contribution in [0.15, 0.2) is 18.2 Å². The van der Waals surface area contributed by atoms with Gasteiger partial charge < -0.3 is 10.2 Å². The minimum atomic E-state index is -0.165. The van der Waals surface area contributed by atoms with Gasteiger partial charge in [-0.15, -0.1) is 0 Å². The van der Waals surface area contributed by atoms with Crippen LogP contribution >= 0.6 is 22.6 Å². The van der Waals surface area contributed by atoms with Crippen molar-refractivity contribution in [1.29, 1.82) is 0 Å². The summed E-state index contributed by atoms with van der Waals surface area (Å²) in [4.78, 5) is 2.38. The van der Waals surface area contributed by atoms with Crippen LogP contribution in [-0.2, 0) is 6.54 Å². The van der Waals surface area contributed by atoms with Crippen LogP contribution < -0.4 is 5.32 Å². The number of likely N-dealkylation sites (N-methyl/N-ethyl adjacent to an activating group) is 1. The van der Waals surface area contributed by atoms with E-state index in [4.69, 9.17) is 0 Å². The lowest BCUT2D eigenvalue weighted by atomic mass is 10.2. The summed E-state index contributed by atoms with van der Waals surface area (Å²) in [5.74, 6) is -0.165. The second kappa shape index (κ2) is 8.00. The van der Waals surface area contributed by atoms with Crippen molar-refractivity contribution >= 4 is 22.6 Å². The largest absolute Gasteiger partial charge is 0.311 e. The number of nitrogens with one attached hydrogen (secondary N) is 1. The summed E-state index contributed by atoms with van der Waals surface area (Å²) in [5, 5.41) is 3.39. The van der Waals surface area contributed by atoms with Gasteiger partial charge in [0.15, 0.2) is 0 Å². The quantitative estimate of drug-likeness (QED) is 0.601. The number of hydrogen-bond acceptors (Lipinski definition) is 2. The lowest BCUT2D eigenvalue weighted by molar-refractivity contribution is 0.302. The monoisotopic (exact) mass is 350 g/mol. The maximum Gasteiger partial charge on any atom is 0.124 e. The molecule has 0 unspecified atom stereocenters. The van der Waals surface area contributed by atoms with Gasteiger partial charge in [0, 0.05) is 23.2 Å². The number of halogens is 2. The topological polar surface area (TPSA) is 15.3 Å². The molecule has 1 aromatic carbocycles. The summed E-state index contributed by atoms with van der Waals surface area (Å²) in [7, 11) is 0. The normalized spacial score (nSPS) is 11.1. The summed E-state index contributed by atoms with van der Waals surface area (Å²) in [6.45, 7) is 9.36. The van der Waals surface area contributed by atoms with Crippen molar-refractivity contribution in [3.63, 3.8) is 0 Å². The molecule has 0 heterocycles. The van der Waals surface area contributed by atoms with Crippen LogP contribution in [0, 0.1) is 9.39 Å². The zero-order valence-electron chi connectivity index (χ0n) is 10.5. The fourth-order valence-electron chi connectivity index (χ4n) is 1.67. The summed E-state index contributed by atoms with van der Waals surface area (Å²) in [6.07, 6.45) is 0. The number of nitrogens with zero attached hydrogens (tertiary/aromatic N) is 1. The maximum absolute atomic E-state index is 12.9. The van der Waals surface area contributed by atoms with E-state index in [1.165, 1.54) is 6.07 Å². The number of hydrogen-bond donors (Lipinski definition) is 1. The van der Waals surface area contributed by atoms with E-state index in [9.17, 15) is 4.39 Å². The molecule has 0 aliphatic heterocycles. The van der Waals surface area contributed by atoms with Crippen molar-refractivity contribution in [2.75, 3.05) is 26.2 Å². The first-order chi connectivity index (χ1) is 8.17. The predicted octanol–water partition coefficient (Wildman–Crippen LogP) is 2.86. The summed E-state index contributed by atoms with van der Waals surface area (Å²) >= 11 is 2.18. The smallest absolute Gasteiger partial charge is 0.124 e. The van der Waals surface area contributed by atoms with Crippen LogP contribution in [0.2, 0.25) is 0 Å². The standard InChI is InChI=1S/C13H20FIN2/c1-3-17(4-2)8-7-16-10-11-5-6-12(14)9-13(11)15/h5-6,9,16H,3-4,7-8,10H2,1-2H3. The molecule has 0 spiro atoms. The van der Waals surface area contributed by atoms with E-state index in [-0.39, 0.29) is 5.82 Å². The lowest BCUT2D eigenvalue weighted by Gasteiger charge is -2.18. The van der Waals surface area contributed by atoms with E-state index in [0.717, 1.165) is 41.9 Å². The first-order valence-corrected chi connectivity index (χ1v) is 7.12.